The normalized spacial score (nSPS) is 10.2. The van der Waals surface area contributed by atoms with Gasteiger partial charge in [0.25, 0.3) is 0 Å². The third-order valence-electron chi connectivity index (χ3n) is 1.14. The van der Waals surface area contributed by atoms with Crippen molar-refractivity contribution in [3.05, 3.63) is 29.8 Å². The summed E-state index contributed by atoms with van der Waals surface area (Å²) < 4.78 is 43.4. The molecule has 3 N–H and O–H groups in total. The van der Waals surface area contributed by atoms with Gasteiger partial charge in [-0.1, -0.05) is 18.2 Å². The summed E-state index contributed by atoms with van der Waals surface area (Å²) in [5.74, 6) is 0.0278. The van der Waals surface area contributed by atoms with Crippen molar-refractivity contribution in [1.82, 2.24) is 0 Å². The van der Waals surface area contributed by atoms with E-state index in [4.69, 9.17) is 22.6 Å². The minimum atomic E-state index is -4.67. The van der Waals surface area contributed by atoms with Crippen LogP contribution in [0.1, 0.15) is 5.56 Å². The lowest BCUT2D eigenvalue weighted by molar-refractivity contribution is 0.381. The first-order valence-electron chi connectivity index (χ1n) is 3.37. The molecule has 0 unspecified atom stereocenters. The van der Waals surface area contributed by atoms with Gasteiger partial charge in [-0.05, 0) is 6.07 Å². The number of rotatable bonds is 1. The van der Waals surface area contributed by atoms with E-state index in [1.807, 2.05) is 0 Å². The maximum absolute atomic E-state index is 11.8. The summed E-state index contributed by atoms with van der Waals surface area (Å²) in [6.45, 7) is -0.604. The second-order valence-corrected chi connectivity index (χ2v) is 3.11. The highest BCUT2D eigenvalue weighted by atomic mass is 32.3. The van der Waals surface area contributed by atoms with E-state index in [1.54, 1.807) is 18.2 Å². The number of hydrogen-bond acceptors (Lipinski definition) is 3. The summed E-state index contributed by atoms with van der Waals surface area (Å²) in [5, 5.41) is 8.87. The third-order valence-corrected chi connectivity index (χ3v) is 1.14. The van der Waals surface area contributed by atoms with Gasteiger partial charge in [-0.2, -0.15) is 8.42 Å². The van der Waals surface area contributed by atoms with Crippen molar-refractivity contribution >= 4 is 10.4 Å². The Morgan fingerprint density at radius 3 is 1.93 bits per heavy atom. The van der Waals surface area contributed by atoms with Gasteiger partial charge in [0, 0.05) is 5.56 Å². The van der Waals surface area contributed by atoms with Crippen LogP contribution < -0.4 is 0 Å². The van der Waals surface area contributed by atoms with Gasteiger partial charge >= 0.3 is 10.4 Å². The molecule has 0 saturated carbocycles. The lowest BCUT2D eigenvalue weighted by Crippen LogP contribution is -1.89. The first-order chi connectivity index (χ1) is 6.34. The Morgan fingerprint density at radius 1 is 1.21 bits per heavy atom. The van der Waals surface area contributed by atoms with Crippen molar-refractivity contribution < 1.29 is 27.0 Å². The molecule has 0 aliphatic rings. The summed E-state index contributed by atoms with van der Waals surface area (Å²) >= 11 is 0. The molecule has 0 amide bonds. The quantitative estimate of drug-likeness (QED) is 0.623. The molecular weight excluding hydrogens is 215 g/mol. The summed E-state index contributed by atoms with van der Waals surface area (Å²) in [6, 6.07) is 6.37. The Morgan fingerprint density at radius 2 is 1.64 bits per heavy atom. The second-order valence-electron chi connectivity index (χ2n) is 2.21. The number of alkyl halides is 1. The predicted molar refractivity (Wildman–Crippen MR) is 47.1 cm³/mol. The van der Waals surface area contributed by atoms with E-state index in [1.165, 1.54) is 6.07 Å². The predicted octanol–water partition coefficient (Wildman–Crippen LogP) is 1.21. The van der Waals surface area contributed by atoms with Crippen LogP contribution in [0.25, 0.3) is 0 Å². The number of halogens is 1. The molecule has 1 aromatic rings. The number of phenols is 1. The first kappa shape index (κ1) is 12.8. The van der Waals surface area contributed by atoms with E-state index >= 15 is 0 Å². The molecule has 80 valence electrons. The lowest BCUT2D eigenvalue weighted by atomic mass is 10.2. The summed E-state index contributed by atoms with van der Waals surface area (Å²) in [7, 11) is -4.67. The highest BCUT2D eigenvalue weighted by molar-refractivity contribution is 7.79. The van der Waals surface area contributed by atoms with Crippen LogP contribution in [0, 0.1) is 0 Å². The Hall–Kier alpha value is -1.18. The van der Waals surface area contributed by atoms with Crippen LogP contribution in [-0.4, -0.2) is 22.6 Å². The molecule has 0 bridgehead atoms. The van der Waals surface area contributed by atoms with Gasteiger partial charge in [0.2, 0.25) is 0 Å². The monoisotopic (exact) mass is 224 g/mol. The van der Waals surface area contributed by atoms with Gasteiger partial charge in [-0.3, -0.25) is 9.11 Å². The maximum atomic E-state index is 11.8. The van der Waals surface area contributed by atoms with Gasteiger partial charge < -0.3 is 5.11 Å². The van der Waals surface area contributed by atoms with Crippen molar-refractivity contribution in [2.24, 2.45) is 0 Å². The summed E-state index contributed by atoms with van der Waals surface area (Å²) in [6.07, 6.45) is 0. The third kappa shape index (κ3) is 7.47. The van der Waals surface area contributed by atoms with E-state index in [2.05, 4.69) is 0 Å². The first-order valence-corrected chi connectivity index (χ1v) is 4.77. The van der Waals surface area contributed by atoms with Crippen LogP contribution in [0.15, 0.2) is 24.3 Å². The molecule has 0 aliphatic carbocycles. The Kier molecular flexibility index (Phi) is 5.06. The summed E-state index contributed by atoms with van der Waals surface area (Å²) in [4.78, 5) is 0. The van der Waals surface area contributed by atoms with E-state index in [-0.39, 0.29) is 5.75 Å². The fourth-order valence-corrected chi connectivity index (χ4v) is 0.624. The number of aromatic hydroxyl groups is 1. The Bertz CT molecular complexity index is 367. The van der Waals surface area contributed by atoms with Crippen LogP contribution >= 0.6 is 0 Å². The number of benzene rings is 1. The van der Waals surface area contributed by atoms with E-state index in [0.717, 1.165) is 0 Å². The Labute approximate surface area is 80.4 Å². The topological polar surface area (TPSA) is 94.8 Å². The van der Waals surface area contributed by atoms with Gasteiger partial charge in [0.15, 0.2) is 0 Å². The zero-order chi connectivity index (χ0) is 11.2. The minimum absolute atomic E-state index is 0.0278. The zero-order valence-corrected chi connectivity index (χ0v) is 7.78. The second kappa shape index (κ2) is 5.53. The lowest BCUT2D eigenvalue weighted by Gasteiger charge is -1.95. The fraction of sp³-hybridized carbons (Fsp3) is 0.143. The molecule has 1 aromatic carbocycles. The van der Waals surface area contributed by atoms with Crippen molar-refractivity contribution in [3.8, 4) is 5.75 Å². The smallest absolute Gasteiger partial charge is 0.394 e. The molecule has 5 nitrogen and oxygen atoms in total. The highest BCUT2D eigenvalue weighted by Crippen LogP contribution is 2.15. The molecule has 0 saturated heterocycles. The van der Waals surface area contributed by atoms with Crippen molar-refractivity contribution in [2.75, 3.05) is 0 Å². The van der Waals surface area contributed by atoms with Crippen LogP contribution in [0.2, 0.25) is 0 Å². The van der Waals surface area contributed by atoms with Crippen molar-refractivity contribution in [3.63, 3.8) is 0 Å². The average molecular weight is 224 g/mol. The zero-order valence-electron chi connectivity index (χ0n) is 6.96. The molecule has 0 radical (unpaired) electrons. The van der Waals surface area contributed by atoms with E-state index < -0.39 is 17.1 Å². The standard InChI is InChI=1S/C7H7FO.H2O4S/c8-5-6-3-1-2-4-7(6)9;1-5(2,3)4/h1-4,9H,5H2;(H2,1,2,3,4). The molecule has 0 spiro atoms. The van der Waals surface area contributed by atoms with Crippen molar-refractivity contribution in [2.45, 2.75) is 6.67 Å². The van der Waals surface area contributed by atoms with Gasteiger partial charge in [0.1, 0.15) is 12.4 Å². The maximum Gasteiger partial charge on any atom is 0.394 e. The molecule has 0 atom stereocenters. The van der Waals surface area contributed by atoms with E-state index in [9.17, 15) is 4.39 Å². The molecular formula is C7H9FO5S. The average Bonchev–Trinajstić information content (AvgIpc) is 2.02. The number of para-hydroxylation sites is 1. The largest absolute Gasteiger partial charge is 0.508 e. The van der Waals surface area contributed by atoms with Crippen LogP contribution in [0.4, 0.5) is 4.39 Å². The van der Waals surface area contributed by atoms with Gasteiger partial charge in [-0.25, -0.2) is 4.39 Å². The molecule has 7 heteroatoms. The highest BCUT2D eigenvalue weighted by Gasteiger charge is 1.94. The molecule has 0 heterocycles. The molecule has 0 aliphatic heterocycles. The molecule has 1 rings (SSSR count). The van der Waals surface area contributed by atoms with Crippen LogP contribution in [0.3, 0.4) is 0 Å². The SMILES string of the molecule is O=S(=O)(O)O.Oc1ccccc1CF. The molecule has 14 heavy (non-hydrogen) atoms. The van der Waals surface area contributed by atoms with Crippen LogP contribution in [-0.2, 0) is 17.1 Å². The van der Waals surface area contributed by atoms with Gasteiger partial charge in [-0.15, -0.1) is 0 Å². The number of phenolic OH excluding ortho intramolecular Hbond substituents is 1. The molecule has 0 fully saturated rings. The fourth-order valence-electron chi connectivity index (χ4n) is 0.624. The minimum Gasteiger partial charge on any atom is -0.508 e. The van der Waals surface area contributed by atoms with Crippen LogP contribution in [0.5, 0.6) is 5.75 Å². The molecule has 0 aromatic heterocycles. The number of hydrogen-bond donors (Lipinski definition) is 3. The Balaban J connectivity index is 0.000000292. The van der Waals surface area contributed by atoms with Crippen molar-refractivity contribution in [1.29, 1.82) is 0 Å². The summed E-state index contributed by atoms with van der Waals surface area (Å²) in [5.41, 5.74) is 0.345. The van der Waals surface area contributed by atoms with E-state index in [0.29, 0.717) is 5.56 Å². The van der Waals surface area contributed by atoms with Gasteiger partial charge in [0.05, 0.1) is 0 Å².